The van der Waals surface area contributed by atoms with Crippen molar-refractivity contribution in [2.75, 3.05) is 51.3 Å². The maximum absolute atomic E-state index is 12.3. The first kappa shape index (κ1) is 27.1. The number of aromatic nitrogens is 3. The lowest BCUT2D eigenvalue weighted by atomic mass is 10.0. The molecule has 0 spiro atoms. The van der Waals surface area contributed by atoms with Crippen molar-refractivity contribution < 1.29 is 27.4 Å². The maximum atomic E-state index is 12.3. The maximum Gasteiger partial charge on any atom is 0.405 e. The number of carbonyl (C=O) groups excluding carboxylic acids is 1. The number of ether oxygens (including phenoxy) is 2. The summed E-state index contributed by atoms with van der Waals surface area (Å²) in [4.78, 5) is 20.4. The Morgan fingerprint density at radius 3 is 2.47 bits per heavy atom. The number of nitrogens with zero attached hydrogens (tertiary/aromatic N) is 5. The van der Waals surface area contributed by atoms with Gasteiger partial charge in [-0.05, 0) is 36.8 Å². The quantitative estimate of drug-likeness (QED) is 0.449. The number of halogens is 3. The molecule has 1 aliphatic heterocycles. The Labute approximate surface area is 218 Å². The van der Waals surface area contributed by atoms with Gasteiger partial charge < -0.3 is 19.7 Å². The van der Waals surface area contributed by atoms with Gasteiger partial charge in [-0.15, -0.1) is 10.2 Å². The second-order valence-electron chi connectivity index (χ2n) is 8.71. The summed E-state index contributed by atoms with van der Waals surface area (Å²) in [6, 6.07) is 11.0. The van der Waals surface area contributed by atoms with Crippen LogP contribution in [-0.2, 0) is 6.54 Å². The molecule has 38 heavy (non-hydrogen) atoms. The summed E-state index contributed by atoms with van der Waals surface area (Å²) in [6.07, 6.45) is -1.00. The van der Waals surface area contributed by atoms with Crippen LogP contribution in [0.1, 0.15) is 23.0 Å². The van der Waals surface area contributed by atoms with Crippen LogP contribution in [0.2, 0.25) is 0 Å². The number of nitrogens with one attached hydrogen (secondary N) is 1. The highest BCUT2D eigenvalue weighted by Crippen LogP contribution is 2.30. The highest BCUT2D eigenvalue weighted by Gasteiger charge is 2.28. The molecule has 12 heteroatoms. The third-order valence-corrected chi connectivity index (χ3v) is 6.07. The fourth-order valence-corrected chi connectivity index (χ4v) is 4.14. The Kier molecular flexibility index (Phi) is 8.62. The molecule has 2 aromatic heterocycles. The first-order valence-electron chi connectivity index (χ1n) is 12.2. The molecule has 0 radical (unpaired) electrons. The highest BCUT2D eigenvalue weighted by atomic mass is 19.4. The molecule has 0 atom stereocenters. The molecule has 3 heterocycles. The van der Waals surface area contributed by atoms with Gasteiger partial charge in [-0.3, -0.25) is 14.7 Å². The van der Waals surface area contributed by atoms with Gasteiger partial charge in [0.15, 0.2) is 11.5 Å². The molecule has 0 unspecified atom stereocenters. The fourth-order valence-electron chi connectivity index (χ4n) is 4.14. The van der Waals surface area contributed by atoms with E-state index in [-0.39, 0.29) is 5.69 Å². The van der Waals surface area contributed by atoms with Gasteiger partial charge >= 0.3 is 6.18 Å². The summed E-state index contributed by atoms with van der Waals surface area (Å²) in [5.41, 5.74) is 2.83. The number of carbonyl (C=O) groups is 1. The predicted octanol–water partition coefficient (Wildman–Crippen LogP) is 3.56. The third kappa shape index (κ3) is 7.09. The minimum Gasteiger partial charge on any atom is -0.496 e. The van der Waals surface area contributed by atoms with Crippen LogP contribution < -0.4 is 19.7 Å². The van der Waals surface area contributed by atoms with Gasteiger partial charge in [-0.1, -0.05) is 12.1 Å². The Bertz CT molecular complexity index is 1230. The number of hydrogen-bond donors (Lipinski definition) is 1. The lowest BCUT2D eigenvalue weighted by Crippen LogP contribution is -2.46. The molecular weight excluding hydrogens is 501 g/mol. The Morgan fingerprint density at radius 1 is 1.03 bits per heavy atom. The number of alkyl halides is 3. The smallest absolute Gasteiger partial charge is 0.405 e. The molecular formula is C26H29F3N6O3. The fraction of sp³-hybridized carbons (Fsp3) is 0.385. The van der Waals surface area contributed by atoms with Crippen molar-refractivity contribution in [1.82, 2.24) is 25.4 Å². The van der Waals surface area contributed by atoms with Crippen molar-refractivity contribution >= 4 is 11.7 Å². The SMILES string of the molecule is CCOc1cncc(-c2ccc(CN3CCN(c4ccc(C(=O)NCC(F)(F)F)nn4)CC3)c(OC)c2)c1. The van der Waals surface area contributed by atoms with Crippen molar-refractivity contribution in [3.63, 3.8) is 0 Å². The van der Waals surface area contributed by atoms with Gasteiger partial charge in [-0.25, -0.2) is 0 Å². The zero-order valence-corrected chi connectivity index (χ0v) is 21.2. The van der Waals surface area contributed by atoms with E-state index >= 15 is 0 Å². The van der Waals surface area contributed by atoms with Crippen molar-refractivity contribution in [1.29, 1.82) is 0 Å². The van der Waals surface area contributed by atoms with Crippen molar-refractivity contribution in [2.45, 2.75) is 19.6 Å². The molecule has 0 aliphatic carbocycles. The van der Waals surface area contributed by atoms with Crippen LogP contribution in [0.25, 0.3) is 11.1 Å². The van der Waals surface area contributed by atoms with Gasteiger partial charge in [0.1, 0.15) is 18.0 Å². The molecule has 3 aromatic rings. The summed E-state index contributed by atoms with van der Waals surface area (Å²) >= 11 is 0. The van der Waals surface area contributed by atoms with Gasteiger partial charge in [0.2, 0.25) is 0 Å². The topological polar surface area (TPSA) is 92.7 Å². The van der Waals surface area contributed by atoms with Gasteiger partial charge in [0, 0.05) is 50.0 Å². The van der Waals surface area contributed by atoms with E-state index < -0.39 is 18.6 Å². The number of anilines is 1. The average molecular weight is 531 g/mol. The average Bonchev–Trinajstić information content (AvgIpc) is 2.92. The molecule has 0 bridgehead atoms. The molecule has 1 saturated heterocycles. The number of amides is 1. The normalized spacial score (nSPS) is 14.3. The van der Waals surface area contributed by atoms with Crippen molar-refractivity contribution in [2.24, 2.45) is 0 Å². The second kappa shape index (κ2) is 12.1. The van der Waals surface area contributed by atoms with Crippen LogP contribution in [0, 0.1) is 0 Å². The van der Waals surface area contributed by atoms with Gasteiger partial charge in [-0.2, -0.15) is 13.2 Å². The summed E-state index contributed by atoms with van der Waals surface area (Å²) < 4.78 is 48.1. The van der Waals surface area contributed by atoms with Crippen LogP contribution in [0.4, 0.5) is 19.0 Å². The largest absolute Gasteiger partial charge is 0.496 e. The standard InChI is InChI=1S/C26H29F3N6O3/c1-3-38-21-12-20(14-30-15-21)18-4-5-19(23(13-18)37-2)16-34-8-10-35(11-9-34)24-7-6-22(32-33-24)25(36)31-17-26(27,28)29/h4-7,12-15H,3,8-11,16-17H2,1-2H3,(H,31,36). The van der Waals surface area contributed by atoms with Crippen LogP contribution in [0.15, 0.2) is 48.8 Å². The lowest BCUT2D eigenvalue weighted by Gasteiger charge is -2.35. The van der Waals surface area contributed by atoms with Crippen LogP contribution >= 0.6 is 0 Å². The van der Waals surface area contributed by atoms with Crippen LogP contribution in [-0.4, -0.2) is 78.6 Å². The molecule has 1 aromatic carbocycles. The first-order valence-corrected chi connectivity index (χ1v) is 12.2. The monoisotopic (exact) mass is 530 g/mol. The molecule has 202 valence electrons. The van der Waals surface area contributed by atoms with E-state index in [0.29, 0.717) is 32.1 Å². The third-order valence-electron chi connectivity index (χ3n) is 6.07. The van der Waals surface area contributed by atoms with Crippen molar-refractivity contribution in [3.8, 4) is 22.6 Å². The number of rotatable bonds is 9. The summed E-state index contributed by atoms with van der Waals surface area (Å²) in [7, 11) is 1.65. The second-order valence-corrected chi connectivity index (χ2v) is 8.71. The number of benzene rings is 1. The molecule has 9 nitrogen and oxygen atoms in total. The summed E-state index contributed by atoms with van der Waals surface area (Å²) in [5, 5.41) is 9.63. The number of pyridine rings is 1. The number of hydrogen-bond acceptors (Lipinski definition) is 8. The van der Waals surface area contributed by atoms with E-state index in [0.717, 1.165) is 41.3 Å². The Morgan fingerprint density at radius 2 is 1.82 bits per heavy atom. The first-order chi connectivity index (χ1) is 18.3. The Balaban J connectivity index is 1.33. The van der Waals surface area contributed by atoms with Crippen LogP contribution in [0.3, 0.4) is 0 Å². The van der Waals surface area contributed by atoms with E-state index in [1.165, 1.54) is 6.07 Å². The van der Waals surface area contributed by atoms with Crippen molar-refractivity contribution in [3.05, 3.63) is 60.0 Å². The minimum absolute atomic E-state index is 0.160. The van der Waals surface area contributed by atoms with E-state index in [2.05, 4.69) is 26.1 Å². The molecule has 4 rings (SSSR count). The predicted molar refractivity (Wildman–Crippen MR) is 135 cm³/mol. The zero-order chi connectivity index (χ0) is 27.1. The van der Waals surface area contributed by atoms with E-state index in [4.69, 9.17) is 9.47 Å². The number of piperazine rings is 1. The summed E-state index contributed by atoms with van der Waals surface area (Å²) in [6.45, 7) is 4.69. The van der Waals surface area contributed by atoms with Gasteiger partial charge in [0.25, 0.3) is 5.91 Å². The lowest BCUT2D eigenvalue weighted by molar-refractivity contribution is -0.123. The van der Waals surface area contributed by atoms with E-state index in [1.807, 2.05) is 30.0 Å². The summed E-state index contributed by atoms with van der Waals surface area (Å²) in [5.74, 6) is 1.17. The Hall–Kier alpha value is -3.93. The molecule has 1 N–H and O–H groups in total. The van der Waals surface area contributed by atoms with E-state index in [1.54, 1.807) is 30.9 Å². The van der Waals surface area contributed by atoms with Gasteiger partial charge in [0.05, 0.1) is 19.9 Å². The zero-order valence-electron chi connectivity index (χ0n) is 21.2. The number of methoxy groups -OCH3 is 1. The van der Waals surface area contributed by atoms with Crippen LogP contribution in [0.5, 0.6) is 11.5 Å². The highest BCUT2D eigenvalue weighted by molar-refractivity contribution is 5.92. The molecule has 1 aliphatic rings. The minimum atomic E-state index is -4.48. The molecule has 1 fully saturated rings. The molecule has 0 saturated carbocycles. The molecule has 1 amide bonds. The van der Waals surface area contributed by atoms with E-state index in [9.17, 15) is 18.0 Å².